The number of aryl methyl sites for hydroxylation is 1. The van der Waals surface area contributed by atoms with Gasteiger partial charge < -0.3 is 33.1 Å². The Morgan fingerprint density at radius 3 is 2.60 bits per heavy atom. The zero-order valence-electron chi connectivity index (χ0n) is 25.3. The van der Waals surface area contributed by atoms with Gasteiger partial charge in [-0.1, -0.05) is 23.7 Å². The average molecular weight is 629 g/mol. The molecule has 2 aromatic carbocycles. The standard InChI is InChI=1S/C32H32ClFN4O6.Li/c1-18-28(25-17-42-30(36-25)31(39)40)38(15-21-10-13-41-21)27(35-18)16-37-11-8-19(9-12-37)22-4-3-5-26-29(22)44-32(2,43-26)23-7-6-20(33)14-24(23)34;/h3-7,14,17,19,21H,8-13,15-16H2,1-2H3,(H,39,40);/q;+1/p-1/t21-,32-;/m0./s1. The molecule has 230 valence electrons. The van der Waals surface area contributed by atoms with E-state index in [1.165, 1.54) is 12.3 Å². The first-order valence-corrected chi connectivity index (χ1v) is 15.1. The van der Waals surface area contributed by atoms with Gasteiger partial charge in [-0.3, -0.25) is 4.90 Å². The number of carbonyl (C=O) groups excluding carboxylic acids is 1. The van der Waals surface area contributed by atoms with E-state index in [0.717, 1.165) is 61.7 Å². The molecule has 3 aliphatic heterocycles. The smallest absolute Gasteiger partial charge is 0.540 e. The number of rotatable bonds is 8. The summed E-state index contributed by atoms with van der Waals surface area (Å²) in [7, 11) is 0. The third kappa shape index (κ3) is 6.00. The molecule has 10 nitrogen and oxygen atoms in total. The van der Waals surface area contributed by atoms with Crippen LogP contribution < -0.4 is 33.4 Å². The van der Waals surface area contributed by atoms with Crippen LogP contribution in [0, 0.1) is 12.7 Å². The second-order valence-corrected chi connectivity index (χ2v) is 12.1. The molecular formula is C32H31ClFLiN4O6. The number of hydrogen-bond donors (Lipinski definition) is 0. The van der Waals surface area contributed by atoms with Crippen LogP contribution in [0.1, 0.15) is 65.4 Å². The normalized spacial score (nSPS) is 21.4. The molecule has 0 amide bonds. The fourth-order valence-electron chi connectivity index (χ4n) is 6.42. The van der Waals surface area contributed by atoms with E-state index in [9.17, 15) is 14.3 Å². The van der Waals surface area contributed by atoms with Crippen LogP contribution in [0.4, 0.5) is 4.39 Å². The molecule has 2 fully saturated rings. The number of fused-ring (bicyclic) bond motifs is 1. The molecule has 2 atom stereocenters. The van der Waals surface area contributed by atoms with Gasteiger partial charge in [0.15, 0.2) is 11.5 Å². The van der Waals surface area contributed by atoms with Crippen molar-refractivity contribution >= 4 is 17.6 Å². The number of halogens is 2. The number of aromatic nitrogens is 3. The molecular weight excluding hydrogens is 598 g/mol. The molecule has 45 heavy (non-hydrogen) atoms. The number of imidazole rings is 1. The number of likely N-dealkylation sites (tertiary alicyclic amines) is 1. The topological polar surface area (TPSA) is 115 Å². The number of carbonyl (C=O) groups is 1. The van der Waals surface area contributed by atoms with Crippen molar-refractivity contribution in [2.24, 2.45) is 0 Å². The Bertz CT molecular complexity index is 1730. The van der Waals surface area contributed by atoms with Gasteiger partial charge in [0, 0.05) is 24.1 Å². The first-order chi connectivity index (χ1) is 21.2. The summed E-state index contributed by atoms with van der Waals surface area (Å²) in [5.74, 6) is -1.35. The third-order valence-electron chi connectivity index (χ3n) is 8.75. The largest absolute Gasteiger partial charge is 1.00 e. The van der Waals surface area contributed by atoms with E-state index >= 15 is 0 Å². The van der Waals surface area contributed by atoms with Crippen LogP contribution in [0.5, 0.6) is 11.5 Å². The number of benzene rings is 2. The maximum Gasteiger partial charge on any atom is 1.00 e. The first kappa shape index (κ1) is 31.6. The molecule has 0 unspecified atom stereocenters. The van der Waals surface area contributed by atoms with Crippen molar-refractivity contribution in [3.8, 4) is 22.9 Å². The maximum absolute atomic E-state index is 14.8. The SMILES string of the molecule is Cc1nc(CN2CCC(c3cccc4c3O[C@@](C)(c3ccc(Cl)cc3F)O4)CC2)n(C[C@@H]2CCO2)c1-c1coc(C(=O)[O-])n1.[Li+]. The van der Waals surface area contributed by atoms with Crippen molar-refractivity contribution < 1.29 is 51.8 Å². The number of oxazole rings is 1. The number of nitrogens with zero attached hydrogens (tertiary/aromatic N) is 4. The summed E-state index contributed by atoms with van der Waals surface area (Å²) >= 11 is 5.97. The van der Waals surface area contributed by atoms with Gasteiger partial charge in [0.05, 0.1) is 36.1 Å². The van der Waals surface area contributed by atoms with Crippen molar-refractivity contribution in [2.45, 2.75) is 64.0 Å². The van der Waals surface area contributed by atoms with Crippen LogP contribution >= 0.6 is 11.6 Å². The number of carboxylic acid groups (broad SMARTS) is 1. The quantitative estimate of drug-likeness (QED) is 0.270. The zero-order chi connectivity index (χ0) is 30.6. The molecule has 2 aromatic heterocycles. The summed E-state index contributed by atoms with van der Waals surface area (Å²) in [6.07, 6.45) is 4.12. The third-order valence-corrected chi connectivity index (χ3v) is 8.98. The average Bonchev–Trinajstić information content (AvgIpc) is 3.66. The van der Waals surface area contributed by atoms with E-state index in [0.29, 0.717) is 35.3 Å². The fraction of sp³-hybridized carbons (Fsp3) is 0.406. The minimum atomic E-state index is -1.46. The Balaban J connectivity index is 0.00000357. The molecule has 0 N–H and O–H groups in total. The summed E-state index contributed by atoms with van der Waals surface area (Å²) in [6.45, 7) is 7.20. The molecule has 0 radical (unpaired) electrons. The van der Waals surface area contributed by atoms with Crippen molar-refractivity contribution in [1.82, 2.24) is 19.4 Å². The summed E-state index contributed by atoms with van der Waals surface area (Å²) in [4.78, 5) is 22.6. The second kappa shape index (κ2) is 12.5. The van der Waals surface area contributed by atoms with Crippen LogP contribution in [0.25, 0.3) is 11.4 Å². The minimum Gasteiger partial charge on any atom is -0.540 e. The number of hydrogen-bond acceptors (Lipinski definition) is 9. The van der Waals surface area contributed by atoms with Gasteiger partial charge in [-0.05, 0) is 69.5 Å². The monoisotopic (exact) mass is 628 g/mol. The van der Waals surface area contributed by atoms with E-state index in [1.54, 1.807) is 19.1 Å². The zero-order valence-corrected chi connectivity index (χ0v) is 26.1. The molecule has 2 saturated heterocycles. The van der Waals surface area contributed by atoms with Crippen LogP contribution in [0.2, 0.25) is 5.02 Å². The van der Waals surface area contributed by atoms with Gasteiger partial charge in [0.1, 0.15) is 29.6 Å². The van der Waals surface area contributed by atoms with Crippen LogP contribution in [0.3, 0.4) is 0 Å². The van der Waals surface area contributed by atoms with Gasteiger partial charge in [0.25, 0.3) is 5.79 Å². The van der Waals surface area contributed by atoms with Gasteiger partial charge in [-0.15, -0.1) is 0 Å². The Labute approximate surface area is 276 Å². The second-order valence-electron chi connectivity index (χ2n) is 11.7. The van der Waals surface area contributed by atoms with E-state index in [-0.39, 0.29) is 36.4 Å². The molecule has 0 bridgehead atoms. The van der Waals surface area contributed by atoms with Crippen molar-refractivity contribution in [3.63, 3.8) is 0 Å². The van der Waals surface area contributed by atoms with E-state index in [1.807, 2.05) is 19.1 Å². The van der Waals surface area contributed by atoms with E-state index < -0.39 is 23.5 Å². The Hall–Kier alpha value is -3.33. The molecule has 13 heteroatoms. The van der Waals surface area contributed by atoms with Crippen LogP contribution in [-0.4, -0.2) is 51.2 Å². The number of piperidine rings is 1. The van der Waals surface area contributed by atoms with Gasteiger partial charge in [-0.2, -0.15) is 0 Å². The maximum atomic E-state index is 14.8. The molecule has 0 aliphatic carbocycles. The first-order valence-electron chi connectivity index (χ1n) is 14.7. The molecule has 7 rings (SSSR count). The fourth-order valence-corrected chi connectivity index (χ4v) is 6.58. The van der Waals surface area contributed by atoms with Crippen LogP contribution in [-0.2, 0) is 23.6 Å². The molecule has 0 spiro atoms. The summed E-state index contributed by atoms with van der Waals surface area (Å²) < 4.78 is 40.3. The molecule has 0 saturated carbocycles. The molecule has 4 aromatic rings. The van der Waals surface area contributed by atoms with E-state index in [4.69, 9.17) is 35.2 Å². The summed E-state index contributed by atoms with van der Waals surface area (Å²) in [6, 6.07) is 10.4. The minimum absolute atomic E-state index is 0. The number of ether oxygens (including phenoxy) is 3. The Morgan fingerprint density at radius 1 is 1.16 bits per heavy atom. The van der Waals surface area contributed by atoms with Crippen molar-refractivity contribution in [1.29, 1.82) is 0 Å². The summed E-state index contributed by atoms with van der Waals surface area (Å²) in [5, 5.41) is 11.6. The number of aromatic carboxylic acids is 1. The van der Waals surface area contributed by atoms with Crippen molar-refractivity contribution in [2.75, 3.05) is 19.7 Å². The number of carboxylic acids is 1. The van der Waals surface area contributed by atoms with Gasteiger partial charge >= 0.3 is 18.9 Å². The summed E-state index contributed by atoms with van der Waals surface area (Å²) in [5.41, 5.74) is 3.21. The Kier molecular flexibility index (Phi) is 8.76. The van der Waals surface area contributed by atoms with E-state index in [2.05, 4.69) is 20.5 Å². The number of para-hydroxylation sites is 1. The van der Waals surface area contributed by atoms with Gasteiger partial charge in [-0.25, -0.2) is 14.4 Å². The van der Waals surface area contributed by atoms with Crippen molar-refractivity contribution in [3.05, 3.63) is 82.0 Å². The molecule has 5 heterocycles. The van der Waals surface area contributed by atoms with Gasteiger partial charge in [0.2, 0.25) is 5.89 Å². The Morgan fingerprint density at radius 2 is 1.93 bits per heavy atom. The van der Waals surface area contributed by atoms with Crippen LogP contribution in [0.15, 0.2) is 47.1 Å². The predicted octanol–water partition coefficient (Wildman–Crippen LogP) is 1.82. The molecule has 3 aliphatic rings. The predicted molar refractivity (Wildman–Crippen MR) is 155 cm³/mol.